The van der Waals surface area contributed by atoms with E-state index < -0.39 is 7.25 Å². The first-order chi connectivity index (χ1) is 3.00. The molecule has 0 amide bonds. The summed E-state index contributed by atoms with van der Waals surface area (Å²) >= 11 is 0. The van der Waals surface area contributed by atoms with Gasteiger partial charge in [0.15, 0.2) is 0 Å². The van der Waals surface area contributed by atoms with Crippen LogP contribution in [0.1, 0.15) is 0 Å². The second-order valence-electron chi connectivity index (χ2n) is 0.495. The summed E-state index contributed by atoms with van der Waals surface area (Å²) in [5.74, 6) is 0. The van der Waals surface area contributed by atoms with Crippen molar-refractivity contribution < 1.29 is 22.4 Å². The van der Waals surface area contributed by atoms with Gasteiger partial charge in [-0.05, 0) is 0 Å². The van der Waals surface area contributed by atoms with Gasteiger partial charge in [0.2, 0.25) is 0 Å². The molecule has 0 bridgehead atoms. The Morgan fingerprint density at radius 1 is 1.00 bits per heavy atom. The summed E-state index contributed by atoms with van der Waals surface area (Å²) in [6, 6.07) is 0. The zero-order valence-corrected chi connectivity index (χ0v) is 3.54. The number of halogens is 4. The molecule has 0 heterocycles. The summed E-state index contributed by atoms with van der Waals surface area (Å²) in [6.07, 6.45) is 0. The minimum atomic E-state index is -6.00. The molecule has 0 aromatic heterocycles. The fourth-order valence-corrected chi connectivity index (χ4v) is 0. The zero-order chi connectivity index (χ0) is 6.50. The minimum Gasteiger partial charge on any atom is -0.418 e. The second-order valence-corrected chi connectivity index (χ2v) is 0.495. The molecule has 0 spiro atoms. The van der Waals surface area contributed by atoms with Crippen LogP contribution in [0.2, 0.25) is 0 Å². The van der Waals surface area contributed by atoms with Gasteiger partial charge in [-0.2, -0.15) is 0 Å². The van der Waals surface area contributed by atoms with Crippen molar-refractivity contribution >= 4 is 7.25 Å². The lowest BCUT2D eigenvalue weighted by molar-refractivity contribution is 0.368. The van der Waals surface area contributed by atoms with E-state index in [1.54, 1.807) is 0 Å². The molecule has 0 aromatic carbocycles. The average Bonchev–Trinajstić information content (AvgIpc) is 1.36. The lowest BCUT2D eigenvalue weighted by atomic mass is 10.3. The maximum Gasteiger partial charge on any atom is 0.673 e. The molecule has 46 valence electrons. The largest absolute Gasteiger partial charge is 0.673 e. The highest BCUT2D eigenvalue weighted by molar-refractivity contribution is 6.50. The van der Waals surface area contributed by atoms with E-state index in [0.717, 1.165) is 7.11 Å². The van der Waals surface area contributed by atoms with Gasteiger partial charge >= 0.3 is 7.25 Å². The molecule has 7 heavy (non-hydrogen) atoms. The van der Waals surface area contributed by atoms with Crippen LogP contribution in [-0.4, -0.2) is 19.5 Å². The van der Waals surface area contributed by atoms with Gasteiger partial charge in [-0.25, -0.2) is 0 Å². The quantitative estimate of drug-likeness (QED) is 0.371. The Morgan fingerprint density at radius 3 is 1.00 bits per heavy atom. The number of aliphatic hydroxyl groups is 1. The Balaban J connectivity index is 0. The van der Waals surface area contributed by atoms with Crippen LogP contribution in [0, 0.1) is 0 Å². The molecular formula is CH4BF4O-. The summed E-state index contributed by atoms with van der Waals surface area (Å²) in [5.41, 5.74) is 0. The lowest BCUT2D eigenvalue weighted by Gasteiger charge is -1.94. The molecule has 0 fully saturated rings. The highest BCUT2D eigenvalue weighted by Gasteiger charge is 2.20. The van der Waals surface area contributed by atoms with Crippen molar-refractivity contribution in [2.45, 2.75) is 0 Å². The SMILES string of the molecule is CO.F[B-](F)(F)F. The highest BCUT2D eigenvalue weighted by atomic mass is 19.5. The Kier molecular flexibility index (Phi) is 5.54. The second kappa shape index (κ2) is 3.92. The van der Waals surface area contributed by atoms with E-state index in [-0.39, 0.29) is 0 Å². The molecular weight excluding hydrogens is 115 g/mol. The van der Waals surface area contributed by atoms with E-state index in [9.17, 15) is 17.3 Å². The van der Waals surface area contributed by atoms with Crippen molar-refractivity contribution in [1.82, 2.24) is 0 Å². The molecule has 0 aliphatic heterocycles. The van der Waals surface area contributed by atoms with Crippen LogP contribution in [0.25, 0.3) is 0 Å². The van der Waals surface area contributed by atoms with Crippen molar-refractivity contribution in [3.05, 3.63) is 0 Å². The summed E-state index contributed by atoms with van der Waals surface area (Å²) < 4.78 is 39.0. The smallest absolute Gasteiger partial charge is 0.418 e. The molecule has 1 nitrogen and oxygen atoms in total. The first kappa shape index (κ1) is 9.89. The normalized spacial score (nSPS) is 9.43. The van der Waals surface area contributed by atoms with Gasteiger partial charge in [-0.1, -0.05) is 0 Å². The lowest BCUT2D eigenvalue weighted by Crippen LogP contribution is -2.02. The molecule has 0 atom stereocenters. The number of hydrogen-bond donors (Lipinski definition) is 1. The Labute approximate surface area is 38.1 Å². The zero-order valence-electron chi connectivity index (χ0n) is 3.54. The molecule has 0 aromatic rings. The molecule has 0 saturated carbocycles. The van der Waals surface area contributed by atoms with Gasteiger partial charge in [0.1, 0.15) is 0 Å². The van der Waals surface area contributed by atoms with Crippen LogP contribution < -0.4 is 0 Å². The Morgan fingerprint density at radius 2 is 1.00 bits per heavy atom. The summed E-state index contributed by atoms with van der Waals surface area (Å²) in [6.45, 7) is 0. The van der Waals surface area contributed by atoms with E-state index in [0.29, 0.717) is 0 Å². The van der Waals surface area contributed by atoms with Gasteiger partial charge in [-0.3, -0.25) is 0 Å². The Bertz CT molecular complexity index is 27.2. The van der Waals surface area contributed by atoms with Crippen LogP contribution in [0.3, 0.4) is 0 Å². The predicted molar refractivity (Wildman–Crippen MR) is 18.3 cm³/mol. The third kappa shape index (κ3) is 1240. The van der Waals surface area contributed by atoms with Crippen LogP contribution in [0.5, 0.6) is 0 Å². The van der Waals surface area contributed by atoms with E-state index in [2.05, 4.69) is 0 Å². The van der Waals surface area contributed by atoms with E-state index in [4.69, 9.17) is 5.11 Å². The molecule has 0 unspecified atom stereocenters. The van der Waals surface area contributed by atoms with Gasteiger partial charge < -0.3 is 22.4 Å². The van der Waals surface area contributed by atoms with Crippen molar-refractivity contribution in [3.8, 4) is 0 Å². The monoisotopic (exact) mass is 119 g/mol. The van der Waals surface area contributed by atoms with Crippen LogP contribution in [-0.2, 0) is 0 Å². The first-order valence-corrected chi connectivity index (χ1v) is 1.32. The summed E-state index contributed by atoms with van der Waals surface area (Å²) in [5, 5.41) is 7.00. The van der Waals surface area contributed by atoms with Crippen molar-refractivity contribution in [1.29, 1.82) is 0 Å². The third-order valence-electron chi connectivity index (χ3n) is 0. The van der Waals surface area contributed by atoms with Crippen LogP contribution in [0.4, 0.5) is 17.3 Å². The Hall–Kier alpha value is -0.255. The number of hydrogen-bond acceptors (Lipinski definition) is 1. The van der Waals surface area contributed by atoms with Crippen LogP contribution in [0.15, 0.2) is 0 Å². The van der Waals surface area contributed by atoms with Gasteiger partial charge in [-0.15, -0.1) is 0 Å². The fourth-order valence-electron chi connectivity index (χ4n) is 0. The van der Waals surface area contributed by atoms with E-state index in [1.165, 1.54) is 0 Å². The average molecular weight is 119 g/mol. The molecule has 0 aliphatic carbocycles. The van der Waals surface area contributed by atoms with Gasteiger partial charge in [0.05, 0.1) is 0 Å². The summed E-state index contributed by atoms with van der Waals surface area (Å²) in [7, 11) is -5.00. The topological polar surface area (TPSA) is 20.2 Å². The van der Waals surface area contributed by atoms with Crippen molar-refractivity contribution in [2.75, 3.05) is 7.11 Å². The molecule has 6 heteroatoms. The first-order valence-electron chi connectivity index (χ1n) is 1.32. The third-order valence-corrected chi connectivity index (χ3v) is 0. The molecule has 0 aliphatic rings. The molecule has 0 rings (SSSR count). The molecule has 0 radical (unpaired) electrons. The van der Waals surface area contributed by atoms with Crippen molar-refractivity contribution in [3.63, 3.8) is 0 Å². The maximum atomic E-state index is 9.75. The predicted octanol–water partition coefficient (Wildman–Crippen LogP) is 0.908. The molecule has 1 N–H and O–H groups in total. The fraction of sp³-hybridized carbons (Fsp3) is 1.00. The van der Waals surface area contributed by atoms with Crippen LogP contribution >= 0.6 is 0 Å². The number of aliphatic hydroxyl groups excluding tert-OH is 1. The van der Waals surface area contributed by atoms with E-state index >= 15 is 0 Å². The van der Waals surface area contributed by atoms with Gasteiger partial charge in [0, 0.05) is 7.11 Å². The number of rotatable bonds is 0. The standard InChI is InChI=1S/CH4O.BF4/c1-2;2-1(3,4)5/h2H,1H3;/q;-1. The van der Waals surface area contributed by atoms with E-state index in [1.807, 2.05) is 0 Å². The maximum absolute atomic E-state index is 9.75. The minimum absolute atomic E-state index is 1.00. The van der Waals surface area contributed by atoms with Gasteiger partial charge in [0.25, 0.3) is 0 Å². The molecule has 0 saturated heterocycles. The summed E-state index contributed by atoms with van der Waals surface area (Å²) in [4.78, 5) is 0. The highest BCUT2D eigenvalue weighted by Crippen LogP contribution is 2.06. The van der Waals surface area contributed by atoms with Crippen molar-refractivity contribution in [2.24, 2.45) is 0 Å².